The molecule has 156 valence electrons. The Hall–Kier alpha value is -2.89. The zero-order valence-electron chi connectivity index (χ0n) is 17.1. The number of aryl methyl sites for hydroxylation is 1. The molecule has 2 aromatic heterocycles. The van der Waals surface area contributed by atoms with Crippen LogP contribution in [0.25, 0.3) is 10.6 Å². The fraction of sp³-hybridized carbons (Fsp3) is 0.409. The number of ether oxygens (including phenoxy) is 2. The maximum absolute atomic E-state index is 5.54. The molecule has 1 saturated heterocycles. The first kappa shape index (κ1) is 20.4. The molecule has 3 aromatic rings. The molecular formula is C22H24N4O3S. The monoisotopic (exact) mass is 424 g/mol. The van der Waals surface area contributed by atoms with E-state index in [1.165, 1.54) is 17.1 Å². The Morgan fingerprint density at radius 2 is 2.23 bits per heavy atom. The molecule has 0 saturated carbocycles. The van der Waals surface area contributed by atoms with Gasteiger partial charge >= 0.3 is 0 Å². The molecule has 1 aliphatic heterocycles. The van der Waals surface area contributed by atoms with Gasteiger partial charge in [0.2, 0.25) is 0 Å². The minimum atomic E-state index is 0.220. The van der Waals surface area contributed by atoms with Crippen molar-refractivity contribution >= 4 is 11.5 Å². The van der Waals surface area contributed by atoms with Gasteiger partial charge in [0.05, 0.1) is 18.5 Å². The number of methoxy groups -OCH3 is 1. The van der Waals surface area contributed by atoms with Gasteiger partial charge < -0.3 is 14.0 Å². The molecule has 4 rings (SSSR count). The molecule has 0 bridgehead atoms. The maximum Gasteiger partial charge on any atom is 0.180 e. The summed E-state index contributed by atoms with van der Waals surface area (Å²) in [6.07, 6.45) is 7.48. The molecule has 1 fully saturated rings. The molecule has 1 aromatic carbocycles. The van der Waals surface area contributed by atoms with Crippen molar-refractivity contribution in [3.8, 4) is 34.5 Å². The van der Waals surface area contributed by atoms with Crippen LogP contribution in [0.3, 0.4) is 0 Å². The fourth-order valence-electron chi connectivity index (χ4n) is 3.84. The third-order valence-electron chi connectivity index (χ3n) is 5.20. The molecule has 1 atom stereocenters. The Morgan fingerprint density at radius 3 is 3.00 bits per heavy atom. The van der Waals surface area contributed by atoms with Crippen molar-refractivity contribution in [2.75, 3.05) is 26.8 Å². The van der Waals surface area contributed by atoms with Crippen molar-refractivity contribution < 1.29 is 14.0 Å². The summed E-state index contributed by atoms with van der Waals surface area (Å²) in [4.78, 5) is 3.43. The van der Waals surface area contributed by atoms with Gasteiger partial charge in [-0.2, -0.15) is 0 Å². The first-order valence-corrected chi connectivity index (χ1v) is 10.7. The summed E-state index contributed by atoms with van der Waals surface area (Å²) in [6.45, 7) is 4.93. The van der Waals surface area contributed by atoms with E-state index in [9.17, 15) is 0 Å². The molecule has 7 nitrogen and oxygen atoms in total. The van der Waals surface area contributed by atoms with E-state index in [1.807, 2.05) is 25.1 Å². The molecule has 8 heteroatoms. The van der Waals surface area contributed by atoms with Crippen LogP contribution in [0, 0.1) is 19.3 Å². The van der Waals surface area contributed by atoms with Gasteiger partial charge in [-0.15, -0.1) is 11.5 Å². The van der Waals surface area contributed by atoms with Gasteiger partial charge in [0.25, 0.3) is 0 Å². The number of piperidine rings is 1. The number of likely N-dealkylation sites (tertiary alicyclic amines) is 1. The number of hydrogen-bond donors (Lipinski definition) is 0. The van der Waals surface area contributed by atoms with Crippen LogP contribution in [-0.2, 0) is 6.54 Å². The van der Waals surface area contributed by atoms with E-state index < -0.39 is 0 Å². The van der Waals surface area contributed by atoms with Crippen molar-refractivity contribution in [3.63, 3.8) is 0 Å². The third kappa shape index (κ3) is 4.48. The van der Waals surface area contributed by atoms with Crippen molar-refractivity contribution in [3.05, 3.63) is 41.2 Å². The van der Waals surface area contributed by atoms with Gasteiger partial charge in [-0.05, 0) is 55.5 Å². The second kappa shape index (κ2) is 9.28. The number of nitrogens with zero attached hydrogens (tertiary/aromatic N) is 4. The Kier molecular flexibility index (Phi) is 6.31. The van der Waals surface area contributed by atoms with Gasteiger partial charge in [-0.3, -0.25) is 4.90 Å². The lowest BCUT2D eigenvalue weighted by molar-refractivity contribution is 0.198. The highest BCUT2D eigenvalue weighted by Gasteiger charge is 2.28. The largest absolute Gasteiger partial charge is 0.493 e. The highest BCUT2D eigenvalue weighted by molar-refractivity contribution is 7.09. The Labute approximate surface area is 180 Å². The van der Waals surface area contributed by atoms with E-state index >= 15 is 0 Å². The first-order chi connectivity index (χ1) is 14.7. The van der Waals surface area contributed by atoms with Crippen molar-refractivity contribution in [2.24, 2.45) is 0 Å². The summed E-state index contributed by atoms with van der Waals surface area (Å²) >= 11 is 1.37. The van der Waals surface area contributed by atoms with Gasteiger partial charge in [0.15, 0.2) is 17.3 Å². The van der Waals surface area contributed by atoms with Gasteiger partial charge in [0.1, 0.15) is 11.5 Å². The van der Waals surface area contributed by atoms with Crippen LogP contribution in [-0.4, -0.2) is 46.4 Å². The smallest absolute Gasteiger partial charge is 0.180 e. The summed E-state index contributed by atoms with van der Waals surface area (Å²) in [5, 5.41) is 8.44. The van der Waals surface area contributed by atoms with E-state index in [-0.39, 0.29) is 6.61 Å². The number of hydrogen-bond acceptors (Lipinski definition) is 8. The summed E-state index contributed by atoms with van der Waals surface area (Å²) in [7, 11) is 1.64. The quantitative estimate of drug-likeness (QED) is 0.533. The Bertz CT molecular complexity index is 1040. The molecule has 30 heavy (non-hydrogen) atoms. The predicted molar refractivity (Wildman–Crippen MR) is 115 cm³/mol. The van der Waals surface area contributed by atoms with Crippen LogP contribution in [0.4, 0.5) is 0 Å². The van der Waals surface area contributed by atoms with Crippen LogP contribution in [0.5, 0.6) is 11.5 Å². The molecule has 0 amide bonds. The summed E-state index contributed by atoms with van der Waals surface area (Å²) in [5.41, 5.74) is 3.04. The molecule has 0 aliphatic carbocycles. The second-order valence-electron chi connectivity index (χ2n) is 7.37. The molecule has 1 aliphatic rings. The van der Waals surface area contributed by atoms with Crippen LogP contribution in [0.15, 0.2) is 28.8 Å². The van der Waals surface area contributed by atoms with Crippen LogP contribution in [0.1, 0.15) is 35.7 Å². The minimum Gasteiger partial charge on any atom is -0.493 e. The number of rotatable bonds is 7. The normalized spacial score (nSPS) is 16.9. The summed E-state index contributed by atoms with van der Waals surface area (Å²) < 4.78 is 20.7. The Morgan fingerprint density at radius 1 is 1.33 bits per heavy atom. The summed E-state index contributed by atoms with van der Waals surface area (Å²) in [5.74, 6) is 4.91. The minimum absolute atomic E-state index is 0.220. The van der Waals surface area contributed by atoms with Crippen molar-refractivity contribution in [1.29, 1.82) is 0 Å². The number of terminal acetylenes is 1. The van der Waals surface area contributed by atoms with Crippen LogP contribution < -0.4 is 9.47 Å². The number of benzene rings is 1. The second-order valence-corrected chi connectivity index (χ2v) is 8.13. The maximum atomic E-state index is 5.54. The average molecular weight is 425 g/mol. The highest BCUT2D eigenvalue weighted by Crippen LogP contribution is 2.36. The van der Waals surface area contributed by atoms with E-state index in [0.29, 0.717) is 17.4 Å². The number of aromatic nitrogens is 3. The van der Waals surface area contributed by atoms with Gasteiger partial charge in [-0.25, -0.2) is 0 Å². The molecule has 0 N–H and O–H groups in total. The Balaban J connectivity index is 1.47. The highest BCUT2D eigenvalue weighted by atomic mass is 32.1. The van der Waals surface area contributed by atoms with Crippen molar-refractivity contribution in [2.45, 2.75) is 32.2 Å². The van der Waals surface area contributed by atoms with Crippen LogP contribution in [0.2, 0.25) is 0 Å². The van der Waals surface area contributed by atoms with E-state index in [4.69, 9.17) is 20.4 Å². The van der Waals surface area contributed by atoms with Gasteiger partial charge in [-0.1, -0.05) is 21.6 Å². The van der Waals surface area contributed by atoms with Gasteiger partial charge in [0, 0.05) is 25.1 Å². The molecule has 0 radical (unpaired) electrons. The third-order valence-corrected chi connectivity index (χ3v) is 5.96. The zero-order valence-corrected chi connectivity index (χ0v) is 17.9. The fourth-order valence-corrected chi connectivity index (χ4v) is 4.53. The first-order valence-electron chi connectivity index (χ1n) is 9.89. The standard InChI is InChI=1S/C22H24N4O3S/c1-4-10-28-18-8-7-16(12-19(18)27-3)13-26-9-5-6-17(14-26)21-22(30-25-23-21)20-11-15(2)24-29-20/h1,7-8,11-12,17H,5-6,9-10,13-14H2,2-3H3. The van der Waals surface area contributed by atoms with Crippen LogP contribution >= 0.6 is 11.5 Å². The molecule has 0 spiro atoms. The molecular weight excluding hydrogens is 400 g/mol. The van der Waals surface area contributed by atoms with E-state index in [1.54, 1.807) is 7.11 Å². The average Bonchev–Trinajstić information content (AvgIpc) is 3.42. The SMILES string of the molecule is C#CCOc1ccc(CN2CCCC(c3nnsc3-c3cc(C)no3)C2)cc1OC. The lowest BCUT2D eigenvalue weighted by Crippen LogP contribution is -2.34. The molecule has 3 heterocycles. The van der Waals surface area contributed by atoms with E-state index in [0.717, 1.165) is 54.5 Å². The summed E-state index contributed by atoms with van der Waals surface area (Å²) in [6, 6.07) is 7.94. The lowest BCUT2D eigenvalue weighted by atomic mass is 9.93. The topological polar surface area (TPSA) is 73.5 Å². The van der Waals surface area contributed by atoms with Crippen molar-refractivity contribution in [1.82, 2.24) is 19.6 Å². The zero-order chi connectivity index (χ0) is 20.9. The predicted octanol–water partition coefficient (Wildman–Crippen LogP) is 3.90. The lowest BCUT2D eigenvalue weighted by Gasteiger charge is -2.32. The van der Waals surface area contributed by atoms with E-state index in [2.05, 4.69) is 31.6 Å². The molecule has 1 unspecified atom stereocenters.